The van der Waals surface area contributed by atoms with Crippen LogP contribution < -0.4 is 15.2 Å². The monoisotopic (exact) mass is 283 g/mol. The summed E-state index contributed by atoms with van der Waals surface area (Å²) in [5.74, 6) is 1.11. The second-order valence-corrected chi connectivity index (χ2v) is 4.69. The third kappa shape index (κ3) is 3.71. The summed E-state index contributed by atoms with van der Waals surface area (Å²) >= 11 is 0. The summed E-state index contributed by atoms with van der Waals surface area (Å²) in [7, 11) is 1.55. The van der Waals surface area contributed by atoms with E-state index in [0.717, 1.165) is 5.56 Å². The molecule has 1 aromatic carbocycles. The number of ether oxygens (including phenoxy) is 2. The molecule has 2 atom stereocenters. The molecule has 0 bridgehead atoms. The molecule has 0 spiro atoms. The molecule has 21 heavy (non-hydrogen) atoms. The Balaban J connectivity index is 2.32. The van der Waals surface area contributed by atoms with Gasteiger partial charge in [0.15, 0.2) is 0 Å². The number of hydrogen-bond acceptors (Lipinski definition) is 5. The average Bonchev–Trinajstić information content (AvgIpc) is 2.52. The molecule has 0 aliphatic carbocycles. The van der Waals surface area contributed by atoms with Crippen LogP contribution in [0.4, 0.5) is 0 Å². The maximum absolute atomic E-state index is 9.05. The first-order chi connectivity index (χ1) is 10.1. The van der Waals surface area contributed by atoms with Gasteiger partial charge in [0.2, 0.25) is 0 Å². The molecule has 2 N–H and O–H groups in total. The van der Waals surface area contributed by atoms with Crippen LogP contribution in [0.25, 0.3) is 0 Å². The summed E-state index contributed by atoms with van der Waals surface area (Å²) in [4.78, 5) is 4.08. The first kappa shape index (κ1) is 14.8. The van der Waals surface area contributed by atoms with Gasteiger partial charge in [0.05, 0.1) is 18.7 Å². The van der Waals surface area contributed by atoms with Crippen LogP contribution in [0.3, 0.4) is 0 Å². The van der Waals surface area contributed by atoms with Crippen LogP contribution in [0.5, 0.6) is 11.5 Å². The zero-order chi connectivity index (χ0) is 15.2. The smallest absolute Gasteiger partial charge is 0.140 e. The highest BCUT2D eigenvalue weighted by Gasteiger charge is 2.19. The topological polar surface area (TPSA) is 81.2 Å². The number of nitrogens with zero attached hydrogens (tertiary/aromatic N) is 2. The Hall–Kier alpha value is -2.58. The number of benzene rings is 1. The third-order valence-corrected chi connectivity index (χ3v) is 3.00. The molecule has 2 rings (SSSR count). The maximum atomic E-state index is 9.05. The van der Waals surface area contributed by atoms with E-state index >= 15 is 0 Å². The highest BCUT2D eigenvalue weighted by Crippen LogP contribution is 2.28. The number of nitriles is 1. The van der Waals surface area contributed by atoms with Crippen LogP contribution >= 0.6 is 0 Å². The minimum Gasteiger partial charge on any atom is -0.497 e. The average molecular weight is 283 g/mol. The Bertz CT molecular complexity index is 636. The Morgan fingerprint density at radius 1 is 1.29 bits per heavy atom. The minimum atomic E-state index is -0.350. The fourth-order valence-corrected chi connectivity index (χ4v) is 1.99. The van der Waals surface area contributed by atoms with Crippen molar-refractivity contribution in [3.8, 4) is 17.6 Å². The summed E-state index contributed by atoms with van der Waals surface area (Å²) in [5, 5.41) is 9.05. The summed E-state index contributed by atoms with van der Waals surface area (Å²) in [6, 6.07) is 10.6. The lowest BCUT2D eigenvalue weighted by Crippen LogP contribution is -2.29. The van der Waals surface area contributed by atoms with E-state index in [0.29, 0.717) is 17.1 Å². The van der Waals surface area contributed by atoms with Gasteiger partial charge < -0.3 is 15.2 Å². The number of nitrogens with two attached hydrogens (primary N) is 1. The molecule has 2 aromatic rings. The number of rotatable bonds is 5. The molecule has 0 amide bonds. The van der Waals surface area contributed by atoms with Crippen LogP contribution in [-0.2, 0) is 0 Å². The van der Waals surface area contributed by atoms with E-state index in [4.69, 9.17) is 20.5 Å². The van der Waals surface area contributed by atoms with Crippen molar-refractivity contribution in [2.75, 3.05) is 7.11 Å². The van der Waals surface area contributed by atoms with E-state index in [9.17, 15) is 0 Å². The van der Waals surface area contributed by atoms with Gasteiger partial charge in [0.1, 0.15) is 17.6 Å². The van der Waals surface area contributed by atoms with Crippen LogP contribution in [0.2, 0.25) is 0 Å². The standard InChI is InChI=1S/C16H17N3O2/c1-11(18)16(13-4-3-5-19-10-13)21-15-7-12(9-17)6-14(8-15)20-2/h3-8,10-11,16H,18H2,1-2H3. The largest absolute Gasteiger partial charge is 0.497 e. The molecule has 0 saturated heterocycles. The Morgan fingerprint density at radius 3 is 2.62 bits per heavy atom. The molecule has 0 saturated carbocycles. The molecule has 0 aliphatic heterocycles. The van der Waals surface area contributed by atoms with Gasteiger partial charge >= 0.3 is 0 Å². The van der Waals surface area contributed by atoms with Crippen molar-refractivity contribution in [3.63, 3.8) is 0 Å². The second kappa shape index (κ2) is 6.73. The zero-order valence-electron chi connectivity index (χ0n) is 12.0. The first-order valence-corrected chi connectivity index (χ1v) is 6.55. The van der Waals surface area contributed by atoms with Crippen molar-refractivity contribution in [2.45, 2.75) is 19.1 Å². The Kier molecular flexibility index (Phi) is 4.75. The van der Waals surface area contributed by atoms with E-state index < -0.39 is 0 Å². The summed E-state index contributed by atoms with van der Waals surface area (Å²) in [5.41, 5.74) is 7.36. The van der Waals surface area contributed by atoms with Crippen molar-refractivity contribution in [1.29, 1.82) is 5.26 Å². The van der Waals surface area contributed by atoms with Gasteiger partial charge in [-0.2, -0.15) is 5.26 Å². The van der Waals surface area contributed by atoms with Crippen LogP contribution in [0.15, 0.2) is 42.7 Å². The highest BCUT2D eigenvalue weighted by molar-refractivity contribution is 5.44. The third-order valence-electron chi connectivity index (χ3n) is 3.00. The molecule has 5 nitrogen and oxygen atoms in total. The lowest BCUT2D eigenvalue weighted by Gasteiger charge is -2.23. The fourth-order valence-electron chi connectivity index (χ4n) is 1.99. The van der Waals surface area contributed by atoms with E-state index in [2.05, 4.69) is 11.1 Å². The molecule has 1 aromatic heterocycles. The lowest BCUT2D eigenvalue weighted by molar-refractivity contribution is 0.179. The summed E-state index contributed by atoms with van der Waals surface area (Å²) in [6.07, 6.45) is 3.07. The Labute approximate surface area is 123 Å². The molecular weight excluding hydrogens is 266 g/mol. The molecule has 0 aliphatic rings. The number of methoxy groups -OCH3 is 1. The van der Waals surface area contributed by atoms with Gasteiger partial charge in [0.25, 0.3) is 0 Å². The van der Waals surface area contributed by atoms with E-state index in [1.54, 1.807) is 37.7 Å². The van der Waals surface area contributed by atoms with Gasteiger partial charge in [-0.15, -0.1) is 0 Å². The van der Waals surface area contributed by atoms with Crippen molar-refractivity contribution in [2.24, 2.45) is 5.73 Å². The maximum Gasteiger partial charge on any atom is 0.140 e. The summed E-state index contributed by atoms with van der Waals surface area (Å²) < 4.78 is 11.1. The second-order valence-electron chi connectivity index (χ2n) is 4.69. The molecule has 0 fully saturated rings. The lowest BCUT2D eigenvalue weighted by atomic mass is 10.1. The van der Waals surface area contributed by atoms with E-state index in [1.807, 2.05) is 19.1 Å². The molecule has 1 heterocycles. The number of aromatic nitrogens is 1. The normalized spacial score (nSPS) is 13.0. The SMILES string of the molecule is COc1cc(C#N)cc(OC(c2cccnc2)C(C)N)c1. The van der Waals surface area contributed by atoms with Gasteiger partial charge in [0, 0.05) is 30.1 Å². The quantitative estimate of drug-likeness (QED) is 0.911. The van der Waals surface area contributed by atoms with Gasteiger partial charge in [-0.25, -0.2) is 0 Å². The van der Waals surface area contributed by atoms with Gasteiger partial charge in [-0.05, 0) is 25.1 Å². The molecule has 108 valence electrons. The fraction of sp³-hybridized carbons (Fsp3) is 0.250. The zero-order valence-corrected chi connectivity index (χ0v) is 12.0. The first-order valence-electron chi connectivity index (χ1n) is 6.55. The van der Waals surface area contributed by atoms with Crippen molar-refractivity contribution in [1.82, 2.24) is 4.98 Å². The van der Waals surface area contributed by atoms with E-state index in [-0.39, 0.29) is 12.1 Å². The molecule has 0 radical (unpaired) electrons. The van der Waals surface area contributed by atoms with Crippen LogP contribution in [0.1, 0.15) is 24.2 Å². The van der Waals surface area contributed by atoms with Crippen LogP contribution in [-0.4, -0.2) is 18.1 Å². The molecule has 2 unspecified atom stereocenters. The van der Waals surface area contributed by atoms with Crippen molar-refractivity contribution in [3.05, 3.63) is 53.9 Å². The van der Waals surface area contributed by atoms with Crippen molar-refractivity contribution < 1.29 is 9.47 Å². The summed E-state index contributed by atoms with van der Waals surface area (Å²) in [6.45, 7) is 1.86. The molecule has 5 heteroatoms. The van der Waals surface area contributed by atoms with E-state index in [1.165, 1.54) is 0 Å². The van der Waals surface area contributed by atoms with Crippen LogP contribution in [0, 0.1) is 11.3 Å². The van der Waals surface area contributed by atoms with Gasteiger partial charge in [-0.1, -0.05) is 6.07 Å². The number of pyridine rings is 1. The predicted molar refractivity (Wildman–Crippen MR) is 79.0 cm³/mol. The minimum absolute atomic E-state index is 0.231. The van der Waals surface area contributed by atoms with Crippen molar-refractivity contribution >= 4 is 0 Å². The molecular formula is C16H17N3O2. The number of hydrogen-bond donors (Lipinski definition) is 1. The Morgan fingerprint density at radius 2 is 2.05 bits per heavy atom. The van der Waals surface area contributed by atoms with Gasteiger partial charge in [-0.3, -0.25) is 4.98 Å². The predicted octanol–water partition coefficient (Wildman–Crippen LogP) is 2.43. The highest BCUT2D eigenvalue weighted by atomic mass is 16.5.